The van der Waals surface area contributed by atoms with Crippen molar-refractivity contribution in [1.82, 2.24) is 19.2 Å². The predicted octanol–water partition coefficient (Wildman–Crippen LogP) is 6.23. The minimum Gasteiger partial charge on any atom is -0.324 e. The Balaban J connectivity index is 1.16. The minimum atomic E-state index is 0.0317. The minimum absolute atomic E-state index is 0.0317. The van der Waals surface area contributed by atoms with Crippen LogP contribution in [0.2, 0.25) is 0 Å². The topological polar surface area (TPSA) is 52.9 Å². The van der Waals surface area contributed by atoms with Crippen molar-refractivity contribution < 1.29 is 4.79 Å². The Hall–Kier alpha value is -3.16. The second kappa shape index (κ2) is 9.95. The zero-order valence-corrected chi connectivity index (χ0v) is 22.9. The fourth-order valence-corrected chi connectivity index (χ4v) is 6.29. The van der Waals surface area contributed by atoms with E-state index < -0.39 is 0 Å². The number of anilines is 1. The van der Waals surface area contributed by atoms with E-state index in [0.29, 0.717) is 11.8 Å². The number of nitrogens with zero attached hydrogens (tertiary/aromatic N) is 4. The number of aryl methyl sites for hydroxylation is 2. The van der Waals surface area contributed by atoms with Crippen LogP contribution in [0, 0.1) is 18.8 Å². The van der Waals surface area contributed by atoms with Gasteiger partial charge in [-0.1, -0.05) is 59.3 Å². The average Bonchev–Trinajstić information content (AvgIpc) is 3.58. The smallest absolute Gasteiger partial charge is 0.321 e. The number of likely N-dealkylation sites (tertiary alicyclic amines) is 2. The van der Waals surface area contributed by atoms with Gasteiger partial charge < -0.3 is 14.6 Å². The summed E-state index contributed by atoms with van der Waals surface area (Å²) in [7, 11) is 0. The molecule has 0 radical (unpaired) electrons. The van der Waals surface area contributed by atoms with E-state index in [1.165, 1.54) is 11.3 Å². The Kier molecular flexibility index (Phi) is 6.51. The first kappa shape index (κ1) is 24.2. The van der Waals surface area contributed by atoms with Gasteiger partial charge in [0.25, 0.3) is 0 Å². The normalized spacial score (nSPS) is 19.5. The predicted molar refractivity (Wildman–Crippen MR) is 152 cm³/mol. The molecule has 2 amide bonds. The van der Waals surface area contributed by atoms with E-state index in [9.17, 15) is 4.79 Å². The van der Waals surface area contributed by atoms with Gasteiger partial charge in [-0.05, 0) is 60.6 Å². The largest absolute Gasteiger partial charge is 0.324 e. The van der Waals surface area contributed by atoms with Gasteiger partial charge in [-0.2, -0.15) is 0 Å². The SMILES string of the molecule is CCc1cccc(C)c1NC(=O)N1CC2CN(Cc3c(-c4ccc(Br)cc4)nc4ccccn34)CC2C1. The Morgan fingerprint density at radius 2 is 1.76 bits per heavy atom. The maximum Gasteiger partial charge on any atom is 0.321 e. The standard InChI is InChI=1S/C30H32BrN5O/c1-3-21-8-6-7-20(2)28(21)33-30(37)35-17-23-15-34(16-24(23)18-35)19-26-29(22-10-12-25(31)13-11-22)32-27-9-4-5-14-36(26)27/h4-14,23-24H,3,15-19H2,1-2H3,(H,33,37). The molecule has 2 aromatic carbocycles. The number of halogens is 1. The number of nitrogens with one attached hydrogen (secondary N) is 1. The van der Waals surface area contributed by atoms with Crippen molar-refractivity contribution in [2.45, 2.75) is 26.8 Å². The number of hydrogen-bond donors (Lipinski definition) is 1. The molecule has 2 unspecified atom stereocenters. The molecule has 0 bridgehead atoms. The number of carbonyl (C=O) groups excluding carboxylic acids is 1. The summed E-state index contributed by atoms with van der Waals surface area (Å²) in [4.78, 5) is 22.7. The van der Waals surface area contributed by atoms with Crippen LogP contribution in [0.5, 0.6) is 0 Å². The number of fused-ring (bicyclic) bond motifs is 2. The third-order valence-corrected chi connectivity index (χ3v) is 8.47. The number of imidazole rings is 1. The molecule has 6 nitrogen and oxygen atoms in total. The molecular weight excluding hydrogens is 526 g/mol. The molecular formula is C30H32BrN5O. The molecule has 2 aliphatic rings. The number of para-hydroxylation sites is 1. The molecule has 2 saturated heterocycles. The second-order valence-electron chi connectivity index (χ2n) is 10.4. The van der Waals surface area contributed by atoms with Crippen molar-refractivity contribution in [3.8, 4) is 11.3 Å². The molecule has 2 atom stereocenters. The van der Waals surface area contributed by atoms with Gasteiger partial charge in [0.05, 0.1) is 11.4 Å². The zero-order valence-electron chi connectivity index (χ0n) is 21.3. The third kappa shape index (κ3) is 4.66. The number of hydrogen-bond acceptors (Lipinski definition) is 3. The van der Waals surface area contributed by atoms with E-state index in [0.717, 1.165) is 71.8 Å². The zero-order chi connectivity index (χ0) is 25.5. The van der Waals surface area contributed by atoms with Gasteiger partial charge in [0.2, 0.25) is 0 Å². The molecule has 1 N–H and O–H groups in total. The fraction of sp³-hybridized carbons (Fsp3) is 0.333. The fourth-order valence-electron chi connectivity index (χ4n) is 6.02. The summed E-state index contributed by atoms with van der Waals surface area (Å²) in [6, 6.07) is 20.8. The van der Waals surface area contributed by atoms with Crippen molar-refractivity contribution in [2.75, 3.05) is 31.5 Å². The number of benzene rings is 2. The van der Waals surface area contributed by atoms with E-state index in [2.05, 4.69) is 105 Å². The third-order valence-electron chi connectivity index (χ3n) is 7.94. The number of amides is 2. The highest BCUT2D eigenvalue weighted by molar-refractivity contribution is 9.10. The first-order valence-electron chi connectivity index (χ1n) is 13.1. The summed E-state index contributed by atoms with van der Waals surface area (Å²) in [6.45, 7) is 8.66. The van der Waals surface area contributed by atoms with E-state index >= 15 is 0 Å². The van der Waals surface area contributed by atoms with Crippen LogP contribution in [0.1, 0.15) is 23.7 Å². The summed E-state index contributed by atoms with van der Waals surface area (Å²) >= 11 is 3.55. The lowest BCUT2D eigenvalue weighted by Crippen LogP contribution is -2.36. The van der Waals surface area contributed by atoms with Crippen LogP contribution >= 0.6 is 15.9 Å². The van der Waals surface area contributed by atoms with E-state index in [-0.39, 0.29) is 6.03 Å². The first-order chi connectivity index (χ1) is 18.0. The van der Waals surface area contributed by atoms with Gasteiger partial charge in [-0.15, -0.1) is 0 Å². The Morgan fingerprint density at radius 3 is 2.49 bits per heavy atom. The highest BCUT2D eigenvalue weighted by atomic mass is 79.9. The van der Waals surface area contributed by atoms with Crippen LogP contribution < -0.4 is 5.32 Å². The quantitative estimate of drug-likeness (QED) is 0.316. The molecule has 7 heteroatoms. The Morgan fingerprint density at radius 1 is 1.00 bits per heavy atom. The molecule has 37 heavy (non-hydrogen) atoms. The molecule has 2 aliphatic heterocycles. The number of urea groups is 1. The highest BCUT2D eigenvalue weighted by Crippen LogP contribution is 2.34. The van der Waals surface area contributed by atoms with E-state index in [1.54, 1.807) is 0 Å². The summed E-state index contributed by atoms with van der Waals surface area (Å²) in [5.41, 5.74) is 7.65. The van der Waals surface area contributed by atoms with Gasteiger partial charge in [0, 0.05) is 54.6 Å². The maximum atomic E-state index is 13.2. The van der Waals surface area contributed by atoms with Crippen molar-refractivity contribution >= 4 is 33.3 Å². The number of aromatic nitrogens is 2. The van der Waals surface area contributed by atoms with Gasteiger partial charge in [-0.25, -0.2) is 9.78 Å². The van der Waals surface area contributed by atoms with Crippen molar-refractivity contribution in [2.24, 2.45) is 11.8 Å². The van der Waals surface area contributed by atoms with Gasteiger partial charge in [0.15, 0.2) is 0 Å². The van der Waals surface area contributed by atoms with Crippen LogP contribution in [0.15, 0.2) is 71.3 Å². The van der Waals surface area contributed by atoms with Crippen LogP contribution in [-0.4, -0.2) is 51.4 Å². The van der Waals surface area contributed by atoms with Crippen molar-refractivity contribution in [3.63, 3.8) is 0 Å². The van der Waals surface area contributed by atoms with E-state index in [1.807, 2.05) is 11.0 Å². The van der Waals surface area contributed by atoms with Crippen LogP contribution in [0.25, 0.3) is 16.9 Å². The summed E-state index contributed by atoms with van der Waals surface area (Å²) in [5, 5.41) is 3.22. The number of carbonyl (C=O) groups is 1. The molecule has 2 fully saturated rings. The van der Waals surface area contributed by atoms with Gasteiger partial charge >= 0.3 is 6.03 Å². The number of rotatable bonds is 5. The summed E-state index contributed by atoms with van der Waals surface area (Å²) in [6.07, 6.45) is 3.02. The lowest BCUT2D eigenvalue weighted by molar-refractivity contribution is 0.211. The molecule has 0 spiro atoms. The monoisotopic (exact) mass is 557 g/mol. The van der Waals surface area contributed by atoms with Gasteiger partial charge in [0.1, 0.15) is 5.65 Å². The van der Waals surface area contributed by atoms with Crippen LogP contribution in [-0.2, 0) is 13.0 Å². The summed E-state index contributed by atoms with van der Waals surface area (Å²) in [5.74, 6) is 1.01. The molecule has 2 aromatic heterocycles. The van der Waals surface area contributed by atoms with Gasteiger partial charge in [-0.3, -0.25) is 4.90 Å². The highest BCUT2D eigenvalue weighted by Gasteiger charge is 2.42. The Labute approximate surface area is 226 Å². The molecule has 4 aromatic rings. The first-order valence-corrected chi connectivity index (χ1v) is 13.9. The molecule has 6 rings (SSSR count). The van der Waals surface area contributed by atoms with Crippen molar-refractivity contribution in [1.29, 1.82) is 0 Å². The molecule has 4 heterocycles. The van der Waals surface area contributed by atoms with E-state index in [4.69, 9.17) is 4.98 Å². The summed E-state index contributed by atoms with van der Waals surface area (Å²) < 4.78 is 3.29. The lowest BCUT2D eigenvalue weighted by atomic mass is 10.0. The average molecular weight is 559 g/mol. The van der Waals surface area contributed by atoms with Crippen LogP contribution in [0.4, 0.5) is 10.5 Å². The van der Waals surface area contributed by atoms with Crippen molar-refractivity contribution in [3.05, 3.63) is 88.2 Å². The van der Waals surface area contributed by atoms with Crippen LogP contribution in [0.3, 0.4) is 0 Å². The number of pyridine rings is 1. The molecule has 0 aliphatic carbocycles. The molecule has 0 saturated carbocycles. The second-order valence-corrected chi connectivity index (χ2v) is 11.3. The lowest BCUT2D eigenvalue weighted by Gasteiger charge is -2.23. The Bertz CT molecular complexity index is 1430. The molecule has 190 valence electrons. The maximum absolute atomic E-state index is 13.2.